The first kappa shape index (κ1) is 19.7. The van der Waals surface area contributed by atoms with Crippen LogP contribution in [0.2, 0.25) is 0 Å². The zero-order valence-corrected chi connectivity index (χ0v) is 17.1. The molecule has 0 aliphatic carbocycles. The van der Waals surface area contributed by atoms with E-state index in [0.29, 0.717) is 17.2 Å². The molecule has 1 aromatic heterocycles. The van der Waals surface area contributed by atoms with Crippen LogP contribution in [-0.2, 0) is 4.79 Å². The van der Waals surface area contributed by atoms with E-state index in [2.05, 4.69) is 25.5 Å². The Hall–Kier alpha value is -3.58. The molecule has 1 N–H and O–H groups in total. The Labute approximate surface area is 178 Å². The van der Waals surface area contributed by atoms with E-state index < -0.39 is 0 Å². The average molecular weight is 414 g/mol. The summed E-state index contributed by atoms with van der Waals surface area (Å²) >= 11 is 1.40. The highest BCUT2D eigenvalue weighted by atomic mass is 32.2. The van der Waals surface area contributed by atoms with Crippen molar-refractivity contribution in [1.82, 2.24) is 9.97 Å². The van der Waals surface area contributed by atoms with Gasteiger partial charge in [-0.3, -0.25) is 4.79 Å². The summed E-state index contributed by atoms with van der Waals surface area (Å²) < 4.78 is 0. The number of nitrogens with zero attached hydrogens (tertiary/aromatic N) is 4. The number of aryl methyl sites for hydroxylation is 1. The summed E-state index contributed by atoms with van der Waals surface area (Å²) in [5.74, 6) is 0.853. The Morgan fingerprint density at radius 1 is 0.867 bits per heavy atom. The molecule has 0 aliphatic rings. The van der Waals surface area contributed by atoms with Crippen LogP contribution in [0.1, 0.15) is 5.82 Å². The maximum atomic E-state index is 12.4. The molecule has 0 unspecified atom stereocenters. The van der Waals surface area contributed by atoms with Gasteiger partial charge in [-0.25, -0.2) is 9.97 Å². The topological polar surface area (TPSA) is 79.6 Å². The van der Waals surface area contributed by atoms with Crippen LogP contribution in [0.15, 0.2) is 94.1 Å². The van der Waals surface area contributed by atoms with Gasteiger partial charge in [-0.05, 0) is 49.4 Å². The lowest BCUT2D eigenvalue weighted by atomic mass is 10.2. The fraction of sp³-hybridized carbons (Fsp3) is 0.0870. The molecule has 30 heavy (non-hydrogen) atoms. The zero-order chi connectivity index (χ0) is 20.8. The van der Waals surface area contributed by atoms with Gasteiger partial charge in [-0.15, -0.1) is 0 Å². The minimum Gasteiger partial charge on any atom is -0.325 e. The predicted octanol–water partition coefficient (Wildman–Crippen LogP) is 6.08. The third kappa shape index (κ3) is 5.07. The molecule has 7 heteroatoms. The fourth-order valence-electron chi connectivity index (χ4n) is 2.82. The molecule has 0 radical (unpaired) electrons. The molecule has 0 spiro atoms. The van der Waals surface area contributed by atoms with Crippen LogP contribution in [0.4, 0.5) is 17.1 Å². The maximum Gasteiger partial charge on any atom is 0.234 e. The monoisotopic (exact) mass is 413 g/mol. The second-order valence-corrected chi connectivity index (χ2v) is 7.48. The molecule has 0 saturated carbocycles. The molecular weight excluding hydrogens is 394 g/mol. The number of hydrogen-bond acceptors (Lipinski definition) is 6. The lowest BCUT2D eigenvalue weighted by molar-refractivity contribution is -0.113. The SMILES string of the molecule is Cc1nc(SCC(=O)Nc2ccc(N=Nc3ccccc3)cc2)c2ccccc2n1. The number of fused-ring (bicyclic) bond motifs is 1. The molecule has 4 rings (SSSR count). The number of anilines is 1. The van der Waals surface area contributed by atoms with Gasteiger partial charge in [0.05, 0.1) is 22.6 Å². The molecule has 148 valence electrons. The first-order valence-corrected chi connectivity index (χ1v) is 10.4. The molecular formula is C23H19N5OS. The highest BCUT2D eigenvalue weighted by Crippen LogP contribution is 2.25. The summed E-state index contributed by atoms with van der Waals surface area (Å²) in [5.41, 5.74) is 3.10. The number of para-hydroxylation sites is 1. The van der Waals surface area contributed by atoms with E-state index in [-0.39, 0.29) is 11.7 Å². The van der Waals surface area contributed by atoms with Crippen molar-refractivity contribution < 1.29 is 4.79 Å². The summed E-state index contributed by atoms with van der Waals surface area (Å²) in [6, 6.07) is 24.6. The quantitative estimate of drug-likeness (QED) is 0.236. The number of aromatic nitrogens is 2. The Morgan fingerprint density at radius 3 is 2.30 bits per heavy atom. The van der Waals surface area contributed by atoms with Gasteiger partial charge in [0.2, 0.25) is 5.91 Å². The normalized spacial score (nSPS) is 11.1. The van der Waals surface area contributed by atoms with Gasteiger partial charge in [0.1, 0.15) is 10.9 Å². The fourth-order valence-corrected chi connectivity index (χ4v) is 3.69. The Bertz CT molecular complexity index is 1190. The number of benzene rings is 3. The largest absolute Gasteiger partial charge is 0.325 e. The minimum absolute atomic E-state index is 0.0981. The zero-order valence-electron chi connectivity index (χ0n) is 16.3. The molecule has 0 aliphatic heterocycles. The molecule has 1 heterocycles. The van der Waals surface area contributed by atoms with Crippen LogP contribution < -0.4 is 5.32 Å². The molecule has 0 saturated heterocycles. The van der Waals surface area contributed by atoms with Crippen molar-refractivity contribution in [3.63, 3.8) is 0 Å². The van der Waals surface area contributed by atoms with E-state index >= 15 is 0 Å². The van der Waals surface area contributed by atoms with Crippen molar-refractivity contribution in [3.05, 3.63) is 84.7 Å². The van der Waals surface area contributed by atoms with Crippen molar-refractivity contribution in [2.45, 2.75) is 11.9 Å². The van der Waals surface area contributed by atoms with Crippen LogP contribution in [0, 0.1) is 6.92 Å². The van der Waals surface area contributed by atoms with E-state index in [1.165, 1.54) is 11.8 Å². The standard InChI is InChI=1S/C23H19N5OS/c1-16-24-21-10-6-5-9-20(21)23(25-16)30-15-22(29)26-17-11-13-19(14-12-17)28-27-18-7-3-2-4-8-18/h2-14H,15H2,1H3,(H,26,29). The predicted molar refractivity (Wildman–Crippen MR) is 121 cm³/mol. The van der Waals surface area contributed by atoms with Gasteiger partial charge in [0.25, 0.3) is 0 Å². The number of azo groups is 1. The number of thioether (sulfide) groups is 1. The van der Waals surface area contributed by atoms with Crippen LogP contribution in [0.25, 0.3) is 10.9 Å². The average Bonchev–Trinajstić information content (AvgIpc) is 2.77. The van der Waals surface area contributed by atoms with Crippen LogP contribution in [-0.4, -0.2) is 21.6 Å². The highest BCUT2D eigenvalue weighted by Gasteiger charge is 2.09. The number of hydrogen-bond donors (Lipinski definition) is 1. The van der Waals surface area contributed by atoms with Crippen molar-refractivity contribution >= 4 is 45.6 Å². The number of nitrogens with one attached hydrogen (secondary N) is 1. The highest BCUT2D eigenvalue weighted by molar-refractivity contribution is 8.00. The molecule has 6 nitrogen and oxygen atoms in total. The van der Waals surface area contributed by atoms with E-state index in [4.69, 9.17) is 0 Å². The smallest absolute Gasteiger partial charge is 0.234 e. The number of rotatable bonds is 6. The molecule has 1 amide bonds. The second-order valence-electron chi connectivity index (χ2n) is 6.51. The maximum absolute atomic E-state index is 12.4. The van der Waals surface area contributed by atoms with Gasteiger partial charge in [-0.1, -0.05) is 48.2 Å². The van der Waals surface area contributed by atoms with Crippen LogP contribution in [0.3, 0.4) is 0 Å². The van der Waals surface area contributed by atoms with Gasteiger partial charge >= 0.3 is 0 Å². The van der Waals surface area contributed by atoms with Gasteiger partial charge in [0.15, 0.2) is 0 Å². The van der Waals surface area contributed by atoms with Gasteiger partial charge < -0.3 is 5.32 Å². The third-order valence-electron chi connectivity index (χ3n) is 4.21. The van der Waals surface area contributed by atoms with Crippen LogP contribution in [0.5, 0.6) is 0 Å². The summed E-state index contributed by atoms with van der Waals surface area (Å²) in [5, 5.41) is 13.1. The van der Waals surface area contributed by atoms with Crippen LogP contribution >= 0.6 is 11.8 Å². The molecule has 0 atom stereocenters. The van der Waals surface area contributed by atoms with E-state index in [1.807, 2.05) is 85.8 Å². The lowest BCUT2D eigenvalue weighted by Crippen LogP contribution is -2.14. The van der Waals surface area contributed by atoms with Crippen molar-refractivity contribution in [2.75, 3.05) is 11.1 Å². The van der Waals surface area contributed by atoms with Crippen molar-refractivity contribution in [2.24, 2.45) is 10.2 Å². The number of carbonyl (C=O) groups is 1. The van der Waals surface area contributed by atoms with E-state index in [1.54, 1.807) is 0 Å². The third-order valence-corrected chi connectivity index (χ3v) is 5.20. The van der Waals surface area contributed by atoms with Gasteiger partial charge in [0, 0.05) is 11.1 Å². The minimum atomic E-state index is -0.0981. The number of carbonyl (C=O) groups excluding carboxylic acids is 1. The molecule has 3 aromatic carbocycles. The Balaban J connectivity index is 1.36. The van der Waals surface area contributed by atoms with Gasteiger partial charge in [-0.2, -0.15) is 10.2 Å². The summed E-state index contributed by atoms with van der Waals surface area (Å²) in [4.78, 5) is 21.3. The summed E-state index contributed by atoms with van der Waals surface area (Å²) in [6.45, 7) is 1.85. The molecule has 0 fully saturated rings. The summed E-state index contributed by atoms with van der Waals surface area (Å²) in [7, 11) is 0. The summed E-state index contributed by atoms with van der Waals surface area (Å²) in [6.07, 6.45) is 0. The van der Waals surface area contributed by atoms with E-state index in [9.17, 15) is 4.79 Å². The Kier molecular flexibility index (Phi) is 6.10. The van der Waals surface area contributed by atoms with Crippen molar-refractivity contribution in [3.8, 4) is 0 Å². The second kappa shape index (κ2) is 9.28. The first-order valence-electron chi connectivity index (χ1n) is 9.40. The van der Waals surface area contributed by atoms with E-state index in [0.717, 1.165) is 21.6 Å². The Morgan fingerprint density at radius 2 is 1.53 bits per heavy atom. The molecule has 4 aromatic rings. The first-order chi connectivity index (χ1) is 14.7. The van der Waals surface area contributed by atoms with Crippen molar-refractivity contribution in [1.29, 1.82) is 0 Å². The molecule has 0 bridgehead atoms. The number of amides is 1. The lowest BCUT2D eigenvalue weighted by Gasteiger charge is -2.07.